The monoisotopic (exact) mass is 269 g/mol. The van der Waals surface area contributed by atoms with Crippen LogP contribution in [0.5, 0.6) is 0 Å². The minimum absolute atomic E-state index is 0.0973. The quantitative estimate of drug-likeness (QED) is 0.565. The number of amides is 3. The van der Waals surface area contributed by atoms with Crippen LogP contribution < -0.4 is 10.6 Å². The average molecular weight is 269 g/mol. The van der Waals surface area contributed by atoms with Crippen LogP contribution in [0.15, 0.2) is 0 Å². The first-order chi connectivity index (χ1) is 8.83. The van der Waals surface area contributed by atoms with Crippen LogP contribution in [0.2, 0.25) is 0 Å². The predicted octanol–water partition coefficient (Wildman–Crippen LogP) is -0.514. The summed E-state index contributed by atoms with van der Waals surface area (Å²) in [6, 6.07) is -1.71. The standard InChI is InChI=1S/C12H19N3O4/c1-5-6-9(11(17)18)14-12(19)15(4)7-8(2)10(16)13-3/h1,8-9H,6-7H2,2-4H3,(H,13,16)(H,14,19)(H,17,18). The summed E-state index contributed by atoms with van der Waals surface area (Å²) in [5.74, 6) is 0.400. The van der Waals surface area contributed by atoms with Gasteiger partial charge in [0.2, 0.25) is 5.91 Å². The zero-order chi connectivity index (χ0) is 15.0. The maximum atomic E-state index is 11.7. The maximum Gasteiger partial charge on any atom is 0.327 e. The van der Waals surface area contributed by atoms with Crippen molar-refractivity contribution in [1.29, 1.82) is 0 Å². The molecule has 2 atom stereocenters. The van der Waals surface area contributed by atoms with Gasteiger partial charge in [-0.1, -0.05) is 6.92 Å². The fraction of sp³-hybridized carbons (Fsp3) is 0.583. The summed E-state index contributed by atoms with van der Waals surface area (Å²) in [7, 11) is 2.98. The molecule has 0 bridgehead atoms. The number of urea groups is 1. The van der Waals surface area contributed by atoms with Crippen molar-refractivity contribution in [2.24, 2.45) is 5.92 Å². The van der Waals surface area contributed by atoms with Crippen molar-refractivity contribution in [3.63, 3.8) is 0 Å². The Morgan fingerprint density at radius 2 is 2.00 bits per heavy atom. The Hall–Kier alpha value is -2.23. The van der Waals surface area contributed by atoms with Gasteiger partial charge in [0.25, 0.3) is 0 Å². The van der Waals surface area contributed by atoms with Crippen molar-refractivity contribution in [2.75, 3.05) is 20.6 Å². The van der Waals surface area contributed by atoms with Crippen molar-refractivity contribution in [3.05, 3.63) is 0 Å². The first kappa shape index (κ1) is 16.8. The fourth-order valence-corrected chi connectivity index (χ4v) is 1.40. The third-order valence-electron chi connectivity index (χ3n) is 2.51. The smallest absolute Gasteiger partial charge is 0.327 e. The SMILES string of the molecule is C#CCC(NC(=O)N(C)CC(C)C(=O)NC)C(=O)O. The molecule has 0 saturated carbocycles. The molecule has 106 valence electrons. The van der Waals surface area contributed by atoms with Crippen LogP contribution >= 0.6 is 0 Å². The highest BCUT2D eigenvalue weighted by Gasteiger charge is 2.22. The minimum atomic E-state index is -1.20. The van der Waals surface area contributed by atoms with Crippen molar-refractivity contribution >= 4 is 17.9 Å². The van der Waals surface area contributed by atoms with Gasteiger partial charge in [0.15, 0.2) is 0 Å². The Labute approximate surface area is 112 Å². The molecule has 0 rings (SSSR count). The number of aliphatic carboxylic acids is 1. The van der Waals surface area contributed by atoms with Crippen LogP contribution in [0.25, 0.3) is 0 Å². The van der Waals surface area contributed by atoms with E-state index in [0.717, 1.165) is 0 Å². The molecule has 2 unspecified atom stereocenters. The summed E-state index contributed by atoms with van der Waals surface area (Å²) in [4.78, 5) is 35.1. The van der Waals surface area contributed by atoms with E-state index in [0.29, 0.717) is 0 Å². The lowest BCUT2D eigenvalue weighted by Crippen LogP contribution is -2.48. The molecule has 0 aliphatic heterocycles. The van der Waals surface area contributed by atoms with Gasteiger partial charge in [-0.15, -0.1) is 12.3 Å². The van der Waals surface area contributed by atoms with E-state index < -0.39 is 24.0 Å². The number of rotatable bonds is 6. The summed E-state index contributed by atoms with van der Waals surface area (Å²) in [6.45, 7) is 1.84. The number of terminal acetylenes is 1. The lowest BCUT2D eigenvalue weighted by atomic mass is 10.1. The second kappa shape index (κ2) is 7.97. The molecule has 0 heterocycles. The van der Waals surface area contributed by atoms with Crippen LogP contribution in [0.4, 0.5) is 4.79 Å². The highest BCUT2D eigenvalue weighted by molar-refractivity contribution is 5.83. The van der Waals surface area contributed by atoms with Gasteiger partial charge in [0.05, 0.1) is 5.92 Å². The number of hydrogen-bond acceptors (Lipinski definition) is 3. The number of hydrogen-bond donors (Lipinski definition) is 3. The lowest BCUT2D eigenvalue weighted by molar-refractivity contribution is -0.139. The Kier molecular flexibility index (Phi) is 7.04. The van der Waals surface area contributed by atoms with E-state index in [1.165, 1.54) is 19.0 Å². The second-order valence-corrected chi connectivity index (χ2v) is 4.14. The van der Waals surface area contributed by atoms with E-state index >= 15 is 0 Å². The minimum Gasteiger partial charge on any atom is -0.480 e. The van der Waals surface area contributed by atoms with Crippen LogP contribution in [0, 0.1) is 18.3 Å². The number of nitrogens with one attached hydrogen (secondary N) is 2. The zero-order valence-electron chi connectivity index (χ0n) is 11.3. The van der Waals surface area contributed by atoms with Gasteiger partial charge in [0, 0.05) is 27.1 Å². The molecule has 0 aromatic carbocycles. The number of carboxylic acids is 1. The maximum absolute atomic E-state index is 11.7. The Bertz CT molecular complexity index is 389. The Morgan fingerprint density at radius 3 is 2.42 bits per heavy atom. The average Bonchev–Trinajstić information content (AvgIpc) is 2.36. The van der Waals surface area contributed by atoms with Gasteiger partial charge in [0.1, 0.15) is 6.04 Å². The molecule has 3 amide bonds. The molecule has 0 fully saturated rings. The molecule has 0 aliphatic rings. The summed E-state index contributed by atoms with van der Waals surface area (Å²) in [5, 5.41) is 13.6. The van der Waals surface area contributed by atoms with E-state index in [1.807, 2.05) is 0 Å². The van der Waals surface area contributed by atoms with Gasteiger partial charge in [-0.3, -0.25) is 4.79 Å². The Balaban J connectivity index is 4.45. The van der Waals surface area contributed by atoms with E-state index in [1.54, 1.807) is 6.92 Å². The molecule has 7 nitrogen and oxygen atoms in total. The van der Waals surface area contributed by atoms with E-state index in [-0.39, 0.29) is 18.9 Å². The van der Waals surface area contributed by atoms with Gasteiger partial charge in [-0.05, 0) is 0 Å². The highest BCUT2D eigenvalue weighted by Crippen LogP contribution is 2.00. The first-order valence-corrected chi connectivity index (χ1v) is 5.73. The predicted molar refractivity (Wildman–Crippen MR) is 69.3 cm³/mol. The number of carbonyl (C=O) groups is 3. The molecule has 0 spiro atoms. The van der Waals surface area contributed by atoms with Gasteiger partial charge >= 0.3 is 12.0 Å². The highest BCUT2D eigenvalue weighted by atomic mass is 16.4. The van der Waals surface area contributed by atoms with Gasteiger partial charge in [-0.25, -0.2) is 9.59 Å². The topological polar surface area (TPSA) is 98.7 Å². The largest absolute Gasteiger partial charge is 0.480 e. The van der Waals surface area contributed by atoms with E-state index in [9.17, 15) is 14.4 Å². The van der Waals surface area contributed by atoms with Gasteiger partial charge in [-0.2, -0.15) is 0 Å². The normalized spacial score (nSPS) is 12.7. The number of nitrogens with zero attached hydrogens (tertiary/aromatic N) is 1. The third-order valence-corrected chi connectivity index (χ3v) is 2.51. The molecular formula is C12H19N3O4. The van der Waals surface area contributed by atoms with Crippen molar-refractivity contribution < 1.29 is 19.5 Å². The van der Waals surface area contributed by atoms with Crippen LogP contribution in [-0.2, 0) is 9.59 Å². The second-order valence-electron chi connectivity index (χ2n) is 4.14. The molecule has 0 aromatic heterocycles. The molecule has 0 saturated heterocycles. The summed E-state index contributed by atoms with van der Waals surface area (Å²) < 4.78 is 0. The molecular weight excluding hydrogens is 250 g/mol. The third kappa shape index (κ3) is 5.77. The molecule has 0 radical (unpaired) electrons. The molecule has 19 heavy (non-hydrogen) atoms. The van der Waals surface area contributed by atoms with Crippen molar-refractivity contribution in [3.8, 4) is 12.3 Å². The van der Waals surface area contributed by atoms with Crippen LogP contribution in [0.3, 0.4) is 0 Å². The number of carbonyl (C=O) groups excluding carboxylic acids is 2. The zero-order valence-corrected chi connectivity index (χ0v) is 11.3. The Morgan fingerprint density at radius 1 is 1.42 bits per heavy atom. The van der Waals surface area contributed by atoms with Crippen LogP contribution in [0.1, 0.15) is 13.3 Å². The van der Waals surface area contributed by atoms with E-state index in [2.05, 4.69) is 16.6 Å². The summed E-state index contributed by atoms with van der Waals surface area (Å²) >= 11 is 0. The van der Waals surface area contributed by atoms with Crippen LogP contribution in [-0.4, -0.2) is 54.6 Å². The lowest BCUT2D eigenvalue weighted by Gasteiger charge is -2.23. The molecule has 7 heteroatoms. The van der Waals surface area contributed by atoms with Gasteiger partial charge < -0.3 is 20.6 Å². The van der Waals surface area contributed by atoms with Crippen molar-refractivity contribution in [2.45, 2.75) is 19.4 Å². The molecule has 3 N–H and O–H groups in total. The number of carboxylic acid groups (broad SMARTS) is 1. The fourth-order valence-electron chi connectivity index (χ4n) is 1.40. The summed E-state index contributed by atoms with van der Waals surface area (Å²) in [5.41, 5.74) is 0. The first-order valence-electron chi connectivity index (χ1n) is 5.73. The van der Waals surface area contributed by atoms with Crippen molar-refractivity contribution in [1.82, 2.24) is 15.5 Å². The van der Waals surface area contributed by atoms with E-state index in [4.69, 9.17) is 11.5 Å². The molecule has 0 aromatic rings. The molecule has 0 aliphatic carbocycles. The summed E-state index contributed by atoms with van der Waals surface area (Å²) in [6.07, 6.45) is 4.93.